The highest BCUT2D eigenvalue weighted by molar-refractivity contribution is 9.10. The van der Waals surface area contributed by atoms with Crippen molar-refractivity contribution in [1.82, 2.24) is 5.32 Å². The first-order chi connectivity index (χ1) is 9.69. The average Bonchev–Trinajstić information content (AvgIpc) is 2.90. The Balaban J connectivity index is 1.69. The van der Waals surface area contributed by atoms with Crippen LogP contribution in [0, 0.1) is 0 Å². The molecule has 5 heteroatoms. The number of aliphatic hydroxyl groups is 1. The summed E-state index contributed by atoms with van der Waals surface area (Å²) < 4.78 is 6.57. The fraction of sp³-hybridized carbons (Fsp3) is 0.600. The van der Waals surface area contributed by atoms with Crippen LogP contribution in [0.2, 0.25) is 0 Å². The second-order valence-corrected chi connectivity index (χ2v) is 7.13. The van der Waals surface area contributed by atoms with Gasteiger partial charge in [0.15, 0.2) is 0 Å². The molecule has 1 aliphatic rings. The maximum absolute atomic E-state index is 9.99. The lowest BCUT2D eigenvalue weighted by atomic mass is 10.2. The molecule has 112 valence electrons. The van der Waals surface area contributed by atoms with Crippen molar-refractivity contribution in [2.45, 2.75) is 36.7 Å². The molecule has 1 saturated carbocycles. The summed E-state index contributed by atoms with van der Waals surface area (Å²) >= 11 is 5.33. The summed E-state index contributed by atoms with van der Waals surface area (Å²) in [5.74, 6) is 0.779. The number of nitrogens with one attached hydrogen (secondary N) is 1. The quantitative estimate of drug-likeness (QED) is 0.784. The van der Waals surface area contributed by atoms with Crippen LogP contribution in [0.1, 0.15) is 19.3 Å². The summed E-state index contributed by atoms with van der Waals surface area (Å²) in [4.78, 5) is 0. The Morgan fingerprint density at radius 3 is 3.10 bits per heavy atom. The number of thioether (sulfide) groups is 1. The van der Waals surface area contributed by atoms with Gasteiger partial charge >= 0.3 is 0 Å². The van der Waals surface area contributed by atoms with E-state index in [9.17, 15) is 5.11 Å². The summed E-state index contributed by atoms with van der Waals surface area (Å²) in [6, 6.07) is 8.21. The molecular formula is C15H22BrNO2S. The van der Waals surface area contributed by atoms with Gasteiger partial charge in [-0.05, 0) is 37.3 Å². The second-order valence-electron chi connectivity index (χ2n) is 5.14. The van der Waals surface area contributed by atoms with Crippen molar-refractivity contribution >= 4 is 27.7 Å². The van der Waals surface area contributed by atoms with E-state index in [4.69, 9.17) is 4.74 Å². The third kappa shape index (κ3) is 4.95. The molecule has 0 heterocycles. The molecule has 0 spiro atoms. The SMILES string of the molecule is CSC1CCCC1NCC(O)COc1cccc(Br)c1. The number of hydrogen-bond donors (Lipinski definition) is 2. The maximum Gasteiger partial charge on any atom is 0.120 e. The van der Waals surface area contributed by atoms with Crippen LogP contribution in [-0.4, -0.2) is 41.9 Å². The molecule has 0 aliphatic heterocycles. The van der Waals surface area contributed by atoms with E-state index in [1.807, 2.05) is 36.0 Å². The molecule has 1 aromatic rings. The third-order valence-corrected chi connectivity index (χ3v) is 5.27. The van der Waals surface area contributed by atoms with Crippen molar-refractivity contribution in [2.24, 2.45) is 0 Å². The fourth-order valence-corrected chi connectivity index (χ4v) is 3.88. The largest absolute Gasteiger partial charge is 0.491 e. The van der Waals surface area contributed by atoms with E-state index in [1.54, 1.807) is 0 Å². The molecule has 0 saturated heterocycles. The lowest BCUT2D eigenvalue weighted by Gasteiger charge is -2.21. The molecule has 1 aliphatic carbocycles. The van der Waals surface area contributed by atoms with Crippen LogP contribution in [-0.2, 0) is 0 Å². The number of benzene rings is 1. The highest BCUT2D eigenvalue weighted by Gasteiger charge is 2.26. The van der Waals surface area contributed by atoms with Crippen molar-refractivity contribution < 1.29 is 9.84 Å². The minimum Gasteiger partial charge on any atom is -0.491 e. The minimum atomic E-state index is -0.475. The standard InChI is InChI=1S/C15H22BrNO2S/c1-20-15-7-3-6-14(15)17-9-12(18)10-19-13-5-2-4-11(16)8-13/h2,4-5,8,12,14-15,17-18H,3,6-7,9-10H2,1H3. The Kier molecular flexibility index (Phi) is 6.68. The highest BCUT2D eigenvalue weighted by Crippen LogP contribution is 2.28. The first kappa shape index (κ1) is 16.1. The molecule has 0 amide bonds. The molecule has 2 N–H and O–H groups in total. The van der Waals surface area contributed by atoms with Gasteiger partial charge in [0.05, 0.1) is 0 Å². The summed E-state index contributed by atoms with van der Waals surface area (Å²) in [7, 11) is 0. The van der Waals surface area contributed by atoms with Gasteiger partial charge in [-0.25, -0.2) is 0 Å². The molecule has 0 radical (unpaired) electrons. The molecule has 1 aromatic carbocycles. The lowest BCUT2D eigenvalue weighted by Crippen LogP contribution is -2.40. The van der Waals surface area contributed by atoms with E-state index >= 15 is 0 Å². The Bertz CT molecular complexity index is 419. The highest BCUT2D eigenvalue weighted by atomic mass is 79.9. The molecule has 3 unspecified atom stereocenters. The zero-order valence-corrected chi connectivity index (χ0v) is 14.1. The van der Waals surface area contributed by atoms with E-state index in [2.05, 4.69) is 27.5 Å². The maximum atomic E-state index is 9.99. The van der Waals surface area contributed by atoms with E-state index in [-0.39, 0.29) is 0 Å². The van der Waals surface area contributed by atoms with Gasteiger partial charge in [0.2, 0.25) is 0 Å². The lowest BCUT2D eigenvalue weighted by molar-refractivity contribution is 0.104. The molecule has 2 rings (SSSR count). The first-order valence-corrected chi connectivity index (χ1v) is 9.09. The van der Waals surface area contributed by atoms with Crippen molar-refractivity contribution in [3.05, 3.63) is 28.7 Å². The monoisotopic (exact) mass is 359 g/mol. The molecule has 1 fully saturated rings. The number of aliphatic hydroxyl groups excluding tert-OH is 1. The molecule has 3 atom stereocenters. The van der Waals surface area contributed by atoms with Gasteiger partial charge in [-0.3, -0.25) is 0 Å². The van der Waals surface area contributed by atoms with Crippen LogP contribution in [0.15, 0.2) is 28.7 Å². The molecular weight excluding hydrogens is 338 g/mol. The normalized spacial score (nSPS) is 23.8. The van der Waals surface area contributed by atoms with Crippen LogP contribution >= 0.6 is 27.7 Å². The van der Waals surface area contributed by atoms with E-state index in [1.165, 1.54) is 19.3 Å². The summed E-state index contributed by atoms with van der Waals surface area (Å²) in [6.45, 7) is 0.913. The molecule has 0 bridgehead atoms. The fourth-order valence-electron chi connectivity index (χ4n) is 2.54. The van der Waals surface area contributed by atoms with E-state index < -0.39 is 6.10 Å². The van der Waals surface area contributed by atoms with Crippen molar-refractivity contribution in [3.63, 3.8) is 0 Å². The van der Waals surface area contributed by atoms with E-state index in [0.717, 1.165) is 10.2 Å². The van der Waals surface area contributed by atoms with Crippen molar-refractivity contribution in [1.29, 1.82) is 0 Å². The van der Waals surface area contributed by atoms with Gasteiger partial charge < -0.3 is 15.2 Å². The van der Waals surface area contributed by atoms with Gasteiger partial charge in [-0.15, -0.1) is 0 Å². The average molecular weight is 360 g/mol. The summed E-state index contributed by atoms with van der Waals surface area (Å²) in [5, 5.41) is 14.2. The number of hydrogen-bond acceptors (Lipinski definition) is 4. The second kappa shape index (κ2) is 8.27. The Hall–Kier alpha value is -0.230. The predicted molar refractivity (Wildman–Crippen MR) is 88.6 cm³/mol. The van der Waals surface area contributed by atoms with Gasteiger partial charge in [0.25, 0.3) is 0 Å². The van der Waals surface area contributed by atoms with Gasteiger partial charge in [-0.1, -0.05) is 28.4 Å². The van der Waals surface area contributed by atoms with Crippen LogP contribution < -0.4 is 10.1 Å². The smallest absolute Gasteiger partial charge is 0.120 e. The van der Waals surface area contributed by atoms with Crippen LogP contribution in [0.3, 0.4) is 0 Å². The topological polar surface area (TPSA) is 41.5 Å². The number of halogens is 1. The summed E-state index contributed by atoms with van der Waals surface area (Å²) in [6.07, 6.45) is 5.47. The zero-order valence-electron chi connectivity index (χ0n) is 11.7. The Morgan fingerprint density at radius 1 is 1.50 bits per heavy atom. The molecule has 3 nitrogen and oxygen atoms in total. The summed E-state index contributed by atoms with van der Waals surface area (Å²) in [5.41, 5.74) is 0. The number of ether oxygens (including phenoxy) is 1. The Morgan fingerprint density at radius 2 is 2.35 bits per heavy atom. The van der Waals surface area contributed by atoms with Crippen molar-refractivity contribution in [3.8, 4) is 5.75 Å². The van der Waals surface area contributed by atoms with Crippen LogP contribution in [0.25, 0.3) is 0 Å². The van der Waals surface area contributed by atoms with Gasteiger partial charge in [0, 0.05) is 22.3 Å². The van der Waals surface area contributed by atoms with Crippen molar-refractivity contribution in [2.75, 3.05) is 19.4 Å². The van der Waals surface area contributed by atoms with Crippen LogP contribution in [0.4, 0.5) is 0 Å². The first-order valence-electron chi connectivity index (χ1n) is 7.01. The van der Waals surface area contributed by atoms with Crippen LogP contribution in [0.5, 0.6) is 5.75 Å². The predicted octanol–water partition coefficient (Wildman–Crippen LogP) is 3.06. The zero-order chi connectivity index (χ0) is 14.4. The molecule has 0 aromatic heterocycles. The third-order valence-electron chi connectivity index (χ3n) is 3.61. The van der Waals surface area contributed by atoms with E-state index in [0.29, 0.717) is 24.4 Å². The Labute approximate surface area is 133 Å². The minimum absolute atomic E-state index is 0.320. The van der Waals surface area contributed by atoms with Gasteiger partial charge in [0.1, 0.15) is 18.5 Å². The number of rotatable bonds is 7. The molecule has 20 heavy (non-hydrogen) atoms. The van der Waals surface area contributed by atoms with Gasteiger partial charge in [-0.2, -0.15) is 11.8 Å².